The van der Waals surface area contributed by atoms with Crippen molar-refractivity contribution in [3.8, 4) is 0 Å². The molecule has 0 bridgehead atoms. The van der Waals surface area contributed by atoms with E-state index in [1.54, 1.807) is 7.11 Å². The average molecular weight is 272 g/mol. The molecule has 2 heterocycles. The van der Waals surface area contributed by atoms with Gasteiger partial charge >= 0.3 is 0 Å². The van der Waals surface area contributed by atoms with Crippen molar-refractivity contribution in [3.05, 3.63) is 10.6 Å². The summed E-state index contributed by atoms with van der Waals surface area (Å²) in [5.74, 6) is -0.101. The summed E-state index contributed by atoms with van der Waals surface area (Å²) in [6.07, 6.45) is 0.266. The maximum atomic E-state index is 12.4. The van der Waals surface area contributed by atoms with E-state index in [1.807, 2.05) is 6.92 Å². The first-order chi connectivity index (χ1) is 8.49. The summed E-state index contributed by atoms with van der Waals surface area (Å²) in [4.78, 5) is 18.6. The van der Waals surface area contributed by atoms with Crippen molar-refractivity contribution in [2.75, 3.05) is 31.8 Å². The lowest BCUT2D eigenvalue weighted by Gasteiger charge is -2.46. The number of rotatable bonds is 5. The minimum Gasteiger partial charge on any atom is -0.375 e. The Kier molecular flexibility index (Phi) is 3.68. The average Bonchev–Trinajstić information content (AvgIpc) is 2.69. The first-order valence-corrected chi connectivity index (χ1v) is 6.67. The highest BCUT2D eigenvalue weighted by Gasteiger charge is 2.40. The molecule has 1 aliphatic rings. The highest BCUT2D eigenvalue weighted by Crippen LogP contribution is 2.34. The van der Waals surface area contributed by atoms with Crippen molar-refractivity contribution in [2.24, 2.45) is 0 Å². The van der Waals surface area contributed by atoms with Gasteiger partial charge in [-0.05, 0) is 6.92 Å². The third-order valence-corrected chi connectivity index (χ3v) is 4.33. The van der Waals surface area contributed by atoms with Crippen LogP contribution in [0, 0.1) is 0 Å². The third kappa shape index (κ3) is 2.40. The van der Waals surface area contributed by atoms with Gasteiger partial charge in [0.2, 0.25) is 0 Å². The number of methoxy groups -OCH3 is 1. The smallest absolute Gasteiger partial charge is 0.186 e. The zero-order valence-corrected chi connectivity index (χ0v) is 11.6. The van der Waals surface area contributed by atoms with Gasteiger partial charge in [-0.25, -0.2) is 4.98 Å². The molecule has 0 amide bonds. The number of ketones is 1. The molecule has 2 rings (SSSR count). The van der Waals surface area contributed by atoms with Crippen LogP contribution in [0.15, 0.2) is 0 Å². The second-order valence-electron chi connectivity index (χ2n) is 4.77. The van der Waals surface area contributed by atoms with Crippen molar-refractivity contribution in [2.45, 2.75) is 25.9 Å². The summed E-state index contributed by atoms with van der Waals surface area (Å²) in [6.45, 7) is 4.55. The van der Waals surface area contributed by atoms with E-state index in [9.17, 15) is 9.18 Å². The summed E-state index contributed by atoms with van der Waals surface area (Å²) in [7, 11) is 1.69. The van der Waals surface area contributed by atoms with Crippen LogP contribution in [0.1, 0.15) is 29.2 Å². The molecule has 1 fully saturated rings. The normalized spacial score (nSPS) is 17.7. The second-order valence-corrected chi connectivity index (χ2v) is 5.84. The van der Waals surface area contributed by atoms with Crippen LogP contribution in [0.2, 0.25) is 0 Å². The van der Waals surface area contributed by atoms with Crippen molar-refractivity contribution in [1.82, 2.24) is 4.98 Å². The zero-order valence-electron chi connectivity index (χ0n) is 10.8. The van der Waals surface area contributed by atoms with Crippen LogP contribution in [-0.2, 0) is 11.2 Å². The number of alkyl halides is 1. The molecule has 1 aliphatic heterocycles. The number of hydrogen-bond acceptors (Lipinski definition) is 5. The van der Waals surface area contributed by atoms with Crippen molar-refractivity contribution in [3.63, 3.8) is 0 Å². The number of hydrogen-bond donors (Lipinski definition) is 0. The summed E-state index contributed by atoms with van der Waals surface area (Å²) in [5, 5.41) is 0.790. The van der Waals surface area contributed by atoms with Crippen molar-refractivity contribution >= 4 is 22.3 Å². The van der Waals surface area contributed by atoms with E-state index in [2.05, 4.69) is 9.88 Å². The SMILES string of the molecule is COC1(C)CN(c2nc(C(C)=O)c(CCF)s2)C1. The van der Waals surface area contributed by atoms with E-state index in [-0.39, 0.29) is 17.8 Å². The van der Waals surface area contributed by atoms with E-state index < -0.39 is 6.67 Å². The molecule has 1 aromatic heterocycles. The highest BCUT2D eigenvalue weighted by molar-refractivity contribution is 7.16. The van der Waals surface area contributed by atoms with Crippen LogP contribution in [0.3, 0.4) is 0 Å². The number of carbonyl (C=O) groups is 1. The lowest BCUT2D eigenvalue weighted by Crippen LogP contribution is -2.61. The number of aryl methyl sites for hydroxylation is 1. The molecule has 0 unspecified atom stereocenters. The Hall–Kier alpha value is -1.01. The molecule has 0 spiro atoms. The molecule has 0 aliphatic carbocycles. The molecule has 1 aromatic rings. The number of Topliss-reactive ketones (excluding diaryl/α,β-unsaturated/α-hetero) is 1. The summed E-state index contributed by atoms with van der Waals surface area (Å²) >= 11 is 1.41. The first kappa shape index (κ1) is 13.4. The van der Waals surface area contributed by atoms with Gasteiger partial charge in [0, 0.05) is 25.3 Å². The molecule has 0 N–H and O–H groups in total. The van der Waals surface area contributed by atoms with Gasteiger partial charge in [0.05, 0.1) is 25.4 Å². The summed E-state index contributed by atoms with van der Waals surface area (Å²) in [5.41, 5.74) is 0.279. The molecule has 6 heteroatoms. The molecule has 18 heavy (non-hydrogen) atoms. The maximum Gasteiger partial charge on any atom is 0.186 e. The van der Waals surface area contributed by atoms with Crippen LogP contribution in [-0.4, -0.2) is 43.2 Å². The first-order valence-electron chi connectivity index (χ1n) is 5.86. The number of aromatic nitrogens is 1. The van der Waals surface area contributed by atoms with Gasteiger partial charge in [0.15, 0.2) is 10.9 Å². The van der Waals surface area contributed by atoms with Gasteiger partial charge in [0.25, 0.3) is 0 Å². The van der Waals surface area contributed by atoms with E-state index in [0.29, 0.717) is 5.69 Å². The second kappa shape index (κ2) is 4.93. The number of anilines is 1. The Balaban J connectivity index is 2.16. The lowest BCUT2D eigenvalue weighted by atomic mass is 9.97. The van der Waals surface area contributed by atoms with Gasteiger partial charge < -0.3 is 9.64 Å². The summed E-state index contributed by atoms with van der Waals surface area (Å²) < 4.78 is 17.8. The maximum absolute atomic E-state index is 12.4. The molecule has 0 atom stereocenters. The standard InChI is InChI=1S/C12H17FN2O2S/c1-8(16)10-9(4-5-13)18-11(14-10)15-6-12(2,7-15)17-3/h4-7H2,1-3H3. The number of nitrogens with zero attached hydrogens (tertiary/aromatic N) is 2. The van der Waals surface area contributed by atoms with Crippen LogP contribution >= 0.6 is 11.3 Å². The Morgan fingerprint density at radius 3 is 2.78 bits per heavy atom. The fraction of sp³-hybridized carbons (Fsp3) is 0.667. The Morgan fingerprint density at radius 1 is 1.61 bits per heavy atom. The van der Waals surface area contributed by atoms with Gasteiger partial charge in [0.1, 0.15) is 5.69 Å². The van der Waals surface area contributed by atoms with E-state index >= 15 is 0 Å². The fourth-order valence-electron chi connectivity index (χ4n) is 2.03. The molecule has 4 nitrogen and oxygen atoms in total. The predicted octanol–water partition coefficient (Wildman–Crippen LogP) is 2.08. The van der Waals surface area contributed by atoms with Gasteiger partial charge in [-0.3, -0.25) is 9.18 Å². The lowest BCUT2D eigenvalue weighted by molar-refractivity contribution is -0.0167. The molecule has 0 aromatic carbocycles. The van der Waals surface area contributed by atoms with Crippen LogP contribution in [0.5, 0.6) is 0 Å². The van der Waals surface area contributed by atoms with Crippen molar-refractivity contribution < 1.29 is 13.9 Å². The molecule has 0 radical (unpaired) electrons. The van der Waals surface area contributed by atoms with E-state index in [1.165, 1.54) is 18.3 Å². The zero-order chi connectivity index (χ0) is 13.3. The monoisotopic (exact) mass is 272 g/mol. The molecular formula is C12H17FN2O2S. The van der Waals surface area contributed by atoms with E-state index in [0.717, 1.165) is 23.1 Å². The van der Waals surface area contributed by atoms with Crippen LogP contribution in [0.4, 0.5) is 9.52 Å². The topological polar surface area (TPSA) is 42.4 Å². The van der Waals surface area contributed by atoms with Gasteiger partial charge in [-0.1, -0.05) is 0 Å². The predicted molar refractivity (Wildman–Crippen MR) is 69.4 cm³/mol. The fourth-order valence-corrected chi connectivity index (χ4v) is 3.11. The van der Waals surface area contributed by atoms with Gasteiger partial charge in [-0.15, -0.1) is 11.3 Å². The van der Waals surface area contributed by atoms with Crippen LogP contribution in [0.25, 0.3) is 0 Å². The van der Waals surface area contributed by atoms with E-state index in [4.69, 9.17) is 4.74 Å². The largest absolute Gasteiger partial charge is 0.375 e. The number of halogens is 1. The van der Waals surface area contributed by atoms with Gasteiger partial charge in [-0.2, -0.15) is 0 Å². The van der Waals surface area contributed by atoms with Crippen LogP contribution < -0.4 is 4.90 Å². The number of ether oxygens (including phenoxy) is 1. The number of carbonyl (C=O) groups excluding carboxylic acids is 1. The highest BCUT2D eigenvalue weighted by atomic mass is 32.1. The Bertz CT molecular complexity index is 455. The molecule has 100 valence electrons. The number of thiazole rings is 1. The molecular weight excluding hydrogens is 255 g/mol. The molecule has 0 saturated carbocycles. The summed E-state index contributed by atoms with van der Waals surface area (Å²) in [6, 6.07) is 0. The van der Waals surface area contributed by atoms with Crippen molar-refractivity contribution in [1.29, 1.82) is 0 Å². The molecule has 1 saturated heterocycles. The minimum absolute atomic E-state index is 0.101. The Labute approximate surface area is 110 Å². The Morgan fingerprint density at radius 2 is 2.28 bits per heavy atom. The quantitative estimate of drug-likeness (QED) is 0.770. The minimum atomic E-state index is -0.461. The third-order valence-electron chi connectivity index (χ3n) is 3.16.